The summed E-state index contributed by atoms with van der Waals surface area (Å²) in [5.74, 6) is 1.94. The number of benzene rings is 5. The molecule has 0 amide bonds. The Morgan fingerprint density at radius 1 is 0.535 bits per heavy atom. The molecule has 1 aliphatic heterocycles. The molecule has 1 aliphatic rings. The third kappa shape index (κ3) is 5.51. The van der Waals surface area contributed by atoms with Crippen molar-refractivity contribution in [2.45, 2.75) is 38.0 Å². The molecule has 0 spiro atoms. The molecule has 1 heterocycles. The van der Waals surface area contributed by atoms with Crippen molar-refractivity contribution in [3.63, 3.8) is 0 Å². The maximum absolute atomic E-state index is 13.8. The zero-order valence-electron chi connectivity index (χ0n) is 25.2. The standard InChI is InChI=1S/C39H37O3P/c1-26-14-5-7-16-29(26)31-20-13-21-32(30-17-8-6-15-27(30)2)39(31)43-37(33-18-9-11-22-35(33)41-3)24-28(40)25-38(43)34-19-10-12-23-36(34)42-4/h5-23,37-38H,24-25H2,1-4H3. The molecule has 216 valence electrons. The van der Waals surface area contributed by atoms with Crippen LogP contribution in [-0.2, 0) is 4.79 Å². The van der Waals surface area contributed by atoms with Gasteiger partial charge in [0, 0.05) is 35.3 Å². The minimum atomic E-state index is -1.01. The maximum Gasteiger partial charge on any atom is 0.134 e. The summed E-state index contributed by atoms with van der Waals surface area (Å²) in [4.78, 5) is 13.8. The number of Topliss-reactive ketones (excluding diaryl/α,β-unsaturated/α-hetero) is 1. The first kappa shape index (κ1) is 28.9. The van der Waals surface area contributed by atoms with Gasteiger partial charge in [0.1, 0.15) is 17.3 Å². The SMILES string of the molecule is COc1ccccc1C1CC(=O)CC(c2ccccc2OC)P1c1c(-c2ccccc2C)cccc1-c1ccccc1C. The van der Waals surface area contributed by atoms with Crippen LogP contribution in [0.2, 0.25) is 0 Å². The van der Waals surface area contributed by atoms with Crippen LogP contribution in [0.15, 0.2) is 115 Å². The van der Waals surface area contributed by atoms with Crippen LogP contribution >= 0.6 is 7.92 Å². The Hall–Kier alpha value is -4.20. The molecule has 0 aromatic heterocycles. The van der Waals surface area contributed by atoms with Gasteiger partial charge in [-0.1, -0.05) is 111 Å². The number of carbonyl (C=O) groups excluding carboxylic acids is 1. The third-order valence-corrected chi connectivity index (χ3v) is 11.9. The lowest BCUT2D eigenvalue weighted by atomic mass is 9.94. The first-order valence-corrected chi connectivity index (χ1v) is 16.3. The van der Waals surface area contributed by atoms with E-state index in [0.29, 0.717) is 12.8 Å². The Labute approximate surface area is 256 Å². The summed E-state index contributed by atoms with van der Waals surface area (Å²) < 4.78 is 11.9. The molecule has 0 aliphatic carbocycles. The molecule has 3 nitrogen and oxygen atoms in total. The van der Waals surface area contributed by atoms with Gasteiger partial charge in [-0.3, -0.25) is 4.79 Å². The zero-order valence-corrected chi connectivity index (χ0v) is 26.1. The number of rotatable bonds is 7. The van der Waals surface area contributed by atoms with Crippen molar-refractivity contribution in [2.24, 2.45) is 0 Å². The summed E-state index contributed by atoms with van der Waals surface area (Å²) in [6.07, 6.45) is 0.958. The smallest absolute Gasteiger partial charge is 0.134 e. The van der Waals surface area contributed by atoms with Crippen LogP contribution in [0, 0.1) is 13.8 Å². The van der Waals surface area contributed by atoms with Crippen LogP contribution in [-0.4, -0.2) is 20.0 Å². The Balaban J connectivity index is 1.73. The molecule has 43 heavy (non-hydrogen) atoms. The second-order valence-electron chi connectivity index (χ2n) is 11.2. The molecule has 5 aromatic carbocycles. The Kier molecular flexibility index (Phi) is 8.45. The number of ether oxygens (including phenoxy) is 2. The van der Waals surface area contributed by atoms with Crippen molar-refractivity contribution >= 4 is 19.0 Å². The minimum Gasteiger partial charge on any atom is -0.496 e. The molecule has 2 atom stereocenters. The van der Waals surface area contributed by atoms with E-state index in [-0.39, 0.29) is 17.1 Å². The summed E-state index contributed by atoms with van der Waals surface area (Å²) in [5.41, 5.74) is 9.52. The van der Waals surface area contributed by atoms with Crippen LogP contribution in [0.5, 0.6) is 11.5 Å². The lowest BCUT2D eigenvalue weighted by Gasteiger charge is -2.41. The molecule has 1 saturated heterocycles. The normalized spacial score (nSPS) is 18.3. The maximum atomic E-state index is 13.8. The van der Waals surface area contributed by atoms with Gasteiger partial charge in [-0.25, -0.2) is 0 Å². The van der Waals surface area contributed by atoms with E-state index in [2.05, 4.69) is 105 Å². The quantitative estimate of drug-likeness (QED) is 0.179. The Morgan fingerprint density at radius 3 is 1.37 bits per heavy atom. The van der Waals surface area contributed by atoms with Gasteiger partial charge in [-0.15, -0.1) is 0 Å². The highest BCUT2D eigenvalue weighted by Gasteiger charge is 2.43. The van der Waals surface area contributed by atoms with Gasteiger partial charge in [0.25, 0.3) is 0 Å². The molecular formula is C39H37O3P. The fourth-order valence-corrected chi connectivity index (χ4v) is 10.5. The molecule has 5 aromatic rings. The molecule has 4 heteroatoms. The highest BCUT2D eigenvalue weighted by molar-refractivity contribution is 7.67. The van der Waals surface area contributed by atoms with Crippen LogP contribution in [0.1, 0.15) is 46.4 Å². The molecule has 2 unspecified atom stereocenters. The highest BCUT2D eigenvalue weighted by atomic mass is 31.1. The van der Waals surface area contributed by atoms with Crippen molar-refractivity contribution in [3.8, 4) is 33.8 Å². The minimum absolute atomic E-state index is 0.0322. The topological polar surface area (TPSA) is 35.5 Å². The highest BCUT2D eigenvalue weighted by Crippen LogP contribution is 2.69. The van der Waals surface area contributed by atoms with Crippen molar-refractivity contribution in [3.05, 3.63) is 138 Å². The van der Waals surface area contributed by atoms with E-state index in [1.807, 2.05) is 24.3 Å². The van der Waals surface area contributed by atoms with E-state index >= 15 is 0 Å². The average Bonchev–Trinajstić information content (AvgIpc) is 3.04. The molecule has 0 radical (unpaired) electrons. The predicted octanol–water partition coefficient (Wildman–Crippen LogP) is 9.61. The fourth-order valence-electron chi connectivity index (χ4n) is 6.65. The van der Waals surface area contributed by atoms with Gasteiger partial charge in [-0.05, 0) is 64.7 Å². The Bertz CT molecular complexity index is 1650. The third-order valence-electron chi connectivity index (χ3n) is 8.67. The molecule has 0 bridgehead atoms. The van der Waals surface area contributed by atoms with Crippen molar-refractivity contribution in [2.75, 3.05) is 14.2 Å². The van der Waals surface area contributed by atoms with Crippen molar-refractivity contribution in [1.82, 2.24) is 0 Å². The summed E-state index contributed by atoms with van der Waals surface area (Å²) in [6, 6.07) is 40.5. The van der Waals surface area contributed by atoms with Gasteiger partial charge in [-0.2, -0.15) is 0 Å². The van der Waals surface area contributed by atoms with Crippen molar-refractivity contribution < 1.29 is 14.3 Å². The first-order valence-electron chi connectivity index (χ1n) is 14.8. The van der Waals surface area contributed by atoms with E-state index in [1.165, 1.54) is 38.7 Å². The van der Waals surface area contributed by atoms with Crippen LogP contribution in [0.25, 0.3) is 22.3 Å². The zero-order chi connectivity index (χ0) is 29.9. The molecule has 1 fully saturated rings. The number of hydrogen-bond acceptors (Lipinski definition) is 3. The van der Waals surface area contributed by atoms with Gasteiger partial charge in [0.15, 0.2) is 0 Å². The molecular weight excluding hydrogens is 547 g/mol. The average molecular weight is 585 g/mol. The summed E-state index contributed by atoms with van der Waals surface area (Å²) in [5, 5.41) is 1.33. The summed E-state index contributed by atoms with van der Waals surface area (Å²) >= 11 is 0. The molecule has 6 rings (SSSR count). The number of carbonyl (C=O) groups is 1. The number of aryl methyl sites for hydroxylation is 2. The second-order valence-corrected chi connectivity index (χ2v) is 13.7. The van der Waals surface area contributed by atoms with E-state index in [1.54, 1.807) is 14.2 Å². The fraction of sp³-hybridized carbons (Fsp3) is 0.205. The van der Waals surface area contributed by atoms with Gasteiger partial charge in [0.2, 0.25) is 0 Å². The monoisotopic (exact) mass is 584 g/mol. The molecule has 0 N–H and O–H groups in total. The molecule has 0 saturated carbocycles. The van der Waals surface area contributed by atoms with E-state index in [9.17, 15) is 4.79 Å². The lowest BCUT2D eigenvalue weighted by molar-refractivity contribution is -0.119. The van der Waals surface area contributed by atoms with Gasteiger partial charge < -0.3 is 9.47 Å². The van der Waals surface area contributed by atoms with E-state index in [4.69, 9.17) is 9.47 Å². The van der Waals surface area contributed by atoms with E-state index in [0.717, 1.165) is 22.6 Å². The summed E-state index contributed by atoms with van der Waals surface area (Å²) in [7, 11) is 2.44. The van der Waals surface area contributed by atoms with Gasteiger partial charge in [0.05, 0.1) is 14.2 Å². The van der Waals surface area contributed by atoms with E-state index < -0.39 is 7.92 Å². The second kappa shape index (κ2) is 12.6. The van der Waals surface area contributed by atoms with Crippen LogP contribution in [0.4, 0.5) is 0 Å². The number of hydrogen-bond donors (Lipinski definition) is 0. The van der Waals surface area contributed by atoms with Crippen LogP contribution in [0.3, 0.4) is 0 Å². The Morgan fingerprint density at radius 2 is 0.930 bits per heavy atom. The van der Waals surface area contributed by atoms with Crippen molar-refractivity contribution in [1.29, 1.82) is 0 Å². The number of para-hydroxylation sites is 2. The summed E-state index contributed by atoms with van der Waals surface area (Å²) in [6.45, 7) is 4.37. The predicted molar refractivity (Wildman–Crippen MR) is 179 cm³/mol. The largest absolute Gasteiger partial charge is 0.496 e. The lowest BCUT2D eigenvalue weighted by Crippen LogP contribution is -2.26. The number of methoxy groups -OCH3 is 2. The van der Waals surface area contributed by atoms with Gasteiger partial charge >= 0.3 is 0 Å². The first-order chi connectivity index (χ1) is 21.0. The number of ketones is 1. The van der Waals surface area contributed by atoms with Crippen LogP contribution < -0.4 is 14.8 Å².